The fraction of sp³-hybridized carbons (Fsp3) is 0.167. The van der Waals surface area contributed by atoms with Gasteiger partial charge in [0, 0.05) is 11.4 Å². The number of aryl methyl sites for hydroxylation is 1. The Morgan fingerprint density at radius 3 is 2.62 bits per heavy atom. The largest absolute Gasteiger partial charge is 0.356 e. The monoisotopic (exact) mass is 173 g/mol. The van der Waals surface area contributed by atoms with Gasteiger partial charge in [-0.05, 0) is 31.6 Å². The van der Waals surface area contributed by atoms with Gasteiger partial charge in [-0.25, -0.2) is 0 Å². The number of hydrogen-bond acceptors (Lipinski definition) is 1. The Kier molecular flexibility index (Phi) is 3.32. The first-order chi connectivity index (χ1) is 6.27. The normalized spacial score (nSPS) is 11.1. The minimum Gasteiger partial charge on any atom is -0.356 e. The van der Waals surface area contributed by atoms with Gasteiger partial charge in [-0.1, -0.05) is 30.9 Å². The quantitative estimate of drug-likeness (QED) is 0.690. The van der Waals surface area contributed by atoms with Crippen molar-refractivity contribution in [2.24, 2.45) is 0 Å². The van der Waals surface area contributed by atoms with Crippen molar-refractivity contribution in [3.05, 3.63) is 54.3 Å². The lowest BCUT2D eigenvalue weighted by atomic mass is 10.2. The SMILES string of the molecule is C=C/C(=C/C)Nc1ccccc1C. The molecular formula is C12H15N. The summed E-state index contributed by atoms with van der Waals surface area (Å²) in [6.07, 6.45) is 3.81. The first kappa shape index (κ1) is 9.59. The third kappa shape index (κ3) is 2.48. The van der Waals surface area contributed by atoms with Crippen molar-refractivity contribution in [1.82, 2.24) is 0 Å². The van der Waals surface area contributed by atoms with Gasteiger partial charge in [0.05, 0.1) is 0 Å². The molecule has 1 nitrogen and oxygen atoms in total. The summed E-state index contributed by atoms with van der Waals surface area (Å²) >= 11 is 0. The molecule has 0 fully saturated rings. The van der Waals surface area contributed by atoms with E-state index in [1.165, 1.54) is 5.56 Å². The van der Waals surface area contributed by atoms with E-state index in [2.05, 4.69) is 31.0 Å². The van der Waals surface area contributed by atoms with Crippen molar-refractivity contribution in [1.29, 1.82) is 0 Å². The van der Waals surface area contributed by atoms with E-state index >= 15 is 0 Å². The van der Waals surface area contributed by atoms with Crippen molar-refractivity contribution in [2.75, 3.05) is 5.32 Å². The Balaban J connectivity index is 2.85. The molecule has 1 aromatic rings. The van der Waals surface area contributed by atoms with Gasteiger partial charge < -0.3 is 5.32 Å². The van der Waals surface area contributed by atoms with Gasteiger partial charge in [-0.2, -0.15) is 0 Å². The van der Waals surface area contributed by atoms with E-state index < -0.39 is 0 Å². The molecular weight excluding hydrogens is 158 g/mol. The highest BCUT2D eigenvalue weighted by atomic mass is 14.9. The van der Waals surface area contributed by atoms with Crippen molar-refractivity contribution in [2.45, 2.75) is 13.8 Å². The first-order valence-corrected chi connectivity index (χ1v) is 4.39. The maximum absolute atomic E-state index is 3.73. The van der Waals surface area contributed by atoms with Crippen LogP contribution in [0.5, 0.6) is 0 Å². The predicted octanol–water partition coefficient (Wildman–Crippen LogP) is 3.50. The molecule has 13 heavy (non-hydrogen) atoms. The lowest BCUT2D eigenvalue weighted by molar-refractivity contribution is 1.38. The van der Waals surface area contributed by atoms with Gasteiger partial charge in [0.15, 0.2) is 0 Å². The van der Waals surface area contributed by atoms with Crippen LogP contribution >= 0.6 is 0 Å². The third-order valence-corrected chi connectivity index (χ3v) is 1.95. The average molecular weight is 173 g/mol. The van der Waals surface area contributed by atoms with Crippen LogP contribution in [0, 0.1) is 6.92 Å². The van der Waals surface area contributed by atoms with Crippen LogP contribution in [0.15, 0.2) is 48.7 Å². The Labute approximate surface area is 79.8 Å². The summed E-state index contributed by atoms with van der Waals surface area (Å²) < 4.78 is 0. The van der Waals surface area contributed by atoms with Crippen molar-refractivity contribution in [3.63, 3.8) is 0 Å². The number of hydrogen-bond donors (Lipinski definition) is 1. The number of anilines is 1. The maximum Gasteiger partial charge on any atom is 0.0413 e. The van der Waals surface area contributed by atoms with Crippen LogP contribution in [0.25, 0.3) is 0 Å². The summed E-state index contributed by atoms with van der Waals surface area (Å²) in [6, 6.07) is 8.19. The van der Waals surface area contributed by atoms with Crippen LogP contribution in [0.1, 0.15) is 12.5 Å². The fourth-order valence-electron chi connectivity index (χ4n) is 1.11. The van der Waals surface area contributed by atoms with E-state index in [0.29, 0.717) is 0 Å². The lowest BCUT2D eigenvalue weighted by Gasteiger charge is -2.08. The zero-order valence-corrected chi connectivity index (χ0v) is 8.17. The van der Waals surface area contributed by atoms with Gasteiger partial charge in [-0.3, -0.25) is 0 Å². The highest BCUT2D eigenvalue weighted by Crippen LogP contribution is 2.15. The lowest BCUT2D eigenvalue weighted by Crippen LogP contribution is -1.97. The molecule has 0 aliphatic rings. The van der Waals surface area contributed by atoms with Gasteiger partial charge in [0.1, 0.15) is 0 Å². The highest BCUT2D eigenvalue weighted by Gasteiger charge is 1.95. The summed E-state index contributed by atoms with van der Waals surface area (Å²) in [4.78, 5) is 0. The molecule has 0 saturated carbocycles. The van der Waals surface area contributed by atoms with E-state index in [9.17, 15) is 0 Å². The number of para-hydroxylation sites is 1. The molecule has 1 aromatic carbocycles. The highest BCUT2D eigenvalue weighted by molar-refractivity contribution is 5.55. The zero-order valence-electron chi connectivity index (χ0n) is 8.17. The van der Waals surface area contributed by atoms with Gasteiger partial charge in [0.25, 0.3) is 0 Å². The zero-order chi connectivity index (χ0) is 9.68. The molecule has 0 saturated heterocycles. The minimum absolute atomic E-state index is 1.04. The number of allylic oxidation sites excluding steroid dienone is 2. The van der Waals surface area contributed by atoms with E-state index in [1.807, 2.05) is 31.2 Å². The van der Waals surface area contributed by atoms with Crippen LogP contribution in [0.2, 0.25) is 0 Å². The minimum atomic E-state index is 1.04. The van der Waals surface area contributed by atoms with E-state index in [4.69, 9.17) is 0 Å². The number of benzene rings is 1. The summed E-state index contributed by atoms with van der Waals surface area (Å²) in [5.41, 5.74) is 3.41. The third-order valence-electron chi connectivity index (χ3n) is 1.95. The van der Waals surface area contributed by atoms with Crippen LogP contribution in [0.4, 0.5) is 5.69 Å². The summed E-state index contributed by atoms with van der Waals surface area (Å²) in [6.45, 7) is 7.80. The second kappa shape index (κ2) is 4.51. The maximum atomic E-state index is 3.73. The van der Waals surface area contributed by atoms with Crippen molar-refractivity contribution < 1.29 is 0 Å². The summed E-state index contributed by atoms with van der Waals surface area (Å²) in [5, 5.41) is 3.29. The summed E-state index contributed by atoms with van der Waals surface area (Å²) in [7, 11) is 0. The fourth-order valence-corrected chi connectivity index (χ4v) is 1.11. The van der Waals surface area contributed by atoms with Crippen LogP contribution in [-0.2, 0) is 0 Å². The van der Waals surface area contributed by atoms with E-state index in [0.717, 1.165) is 11.4 Å². The Hall–Kier alpha value is -1.50. The Morgan fingerprint density at radius 2 is 2.08 bits per heavy atom. The molecule has 0 aliphatic heterocycles. The second-order valence-electron chi connectivity index (χ2n) is 2.89. The molecule has 0 atom stereocenters. The molecule has 0 radical (unpaired) electrons. The smallest absolute Gasteiger partial charge is 0.0413 e. The van der Waals surface area contributed by atoms with E-state index in [-0.39, 0.29) is 0 Å². The molecule has 1 heteroatoms. The first-order valence-electron chi connectivity index (χ1n) is 4.39. The Bertz CT molecular complexity index is 324. The molecule has 0 heterocycles. The van der Waals surface area contributed by atoms with Crippen LogP contribution < -0.4 is 5.32 Å². The predicted molar refractivity (Wildman–Crippen MR) is 58.8 cm³/mol. The second-order valence-corrected chi connectivity index (χ2v) is 2.89. The van der Waals surface area contributed by atoms with E-state index in [1.54, 1.807) is 0 Å². The standard InChI is InChI=1S/C12H15N/c1-4-11(5-2)13-12-9-7-6-8-10(12)3/h4-9,13H,1H2,2-3H3/b11-5-. The van der Waals surface area contributed by atoms with Crippen molar-refractivity contribution in [3.8, 4) is 0 Å². The van der Waals surface area contributed by atoms with Crippen LogP contribution in [0.3, 0.4) is 0 Å². The van der Waals surface area contributed by atoms with Gasteiger partial charge in [-0.15, -0.1) is 0 Å². The average Bonchev–Trinajstić information content (AvgIpc) is 2.17. The molecule has 0 aromatic heterocycles. The molecule has 1 N–H and O–H groups in total. The topological polar surface area (TPSA) is 12.0 Å². The molecule has 0 unspecified atom stereocenters. The summed E-state index contributed by atoms with van der Waals surface area (Å²) in [5.74, 6) is 0. The molecule has 0 bridgehead atoms. The Morgan fingerprint density at radius 1 is 1.38 bits per heavy atom. The number of nitrogens with one attached hydrogen (secondary N) is 1. The number of rotatable bonds is 3. The molecule has 68 valence electrons. The molecule has 0 amide bonds. The van der Waals surface area contributed by atoms with Crippen molar-refractivity contribution >= 4 is 5.69 Å². The van der Waals surface area contributed by atoms with Gasteiger partial charge in [0.2, 0.25) is 0 Å². The van der Waals surface area contributed by atoms with Gasteiger partial charge >= 0.3 is 0 Å². The van der Waals surface area contributed by atoms with Crippen LogP contribution in [-0.4, -0.2) is 0 Å². The molecule has 1 rings (SSSR count). The molecule has 0 spiro atoms. The molecule has 0 aliphatic carbocycles.